The molecular weight excluding hydrogens is 334 g/mol. The average molecular weight is 350 g/mol. The summed E-state index contributed by atoms with van der Waals surface area (Å²) in [5, 5.41) is 9.40. The molecule has 0 saturated heterocycles. The number of benzene rings is 2. The van der Waals surface area contributed by atoms with E-state index in [0.717, 1.165) is 39.4 Å². The van der Waals surface area contributed by atoms with E-state index in [1.807, 2.05) is 43.3 Å². The van der Waals surface area contributed by atoms with Crippen LogP contribution in [0.15, 0.2) is 55.0 Å². The van der Waals surface area contributed by atoms with Gasteiger partial charge in [0.25, 0.3) is 0 Å². The third-order valence-electron chi connectivity index (χ3n) is 4.16. The van der Waals surface area contributed by atoms with Crippen molar-refractivity contribution in [3.8, 4) is 5.69 Å². The van der Waals surface area contributed by atoms with Crippen LogP contribution in [0.2, 0.25) is 5.02 Å². The van der Waals surface area contributed by atoms with Crippen LogP contribution in [0, 0.1) is 13.8 Å². The number of rotatable bonds is 3. The third-order valence-corrected chi connectivity index (χ3v) is 4.40. The lowest BCUT2D eigenvalue weighted by Crippen LogP contribution is -2.01. The van der Waals surface area contributed by atoms with Gasteiger partial charge in [0.15, 0.2) is 5.65 Å². The number of aromatic nitrogens is 4. The minimum atomic E-state index is 0.663. The Hall–Kier alpha value is -2.92. The van der Waals surface area contributed by atoms with Crippen LogP contribution in [0.4, 0.5) is 11.5 Å². The summed E-state index contributed by atoms with van der Waals surface area (Å²) >= 11 is 6.15. The molecule has 0 amide bonds. The van der Waals surface area contributed by atoms with Crippen LogP contribution in [-0.4, -0.2) is 19.7 Å². The molecule has 124 valence electrons. The summed E-state index contributed by atoms with van der Waals surface area (Å²) in [6.45, 7) is 4.08. The summed E-state index contributed by atoms with van der Waals surface area (Å²) < 4.78 is 1.79. The van der Waals surface area contributed by atoms with Crippen molar-refractivity contribution in [2.75, 3.05) is 5.32 Å². The Labute approximate surface area is 150 Å². The van der Waals surface area contributed by atoms with Gasteiger partial charge in [0.2, 0.25) is 0 Å². The summed E-state index contributed by atoms with van der Waals surface area (Å²) in [7, 11) is 0. The number of hydrogen-bond donors (Lipinski definition) is 1. The largest absolute Gasteiger partial charge is 0.339 e. The van der Waals surface area contributed by atoms with Gasteiger partial charge in [-0.25, -0.2) is 14.6 Å². The Bertz CT molecular complexity index is 1070. The van der Waals surface area contributed by atoms with E-state index in [1.165, 1.54) is 0 Å². The fraction of sp³-hybridized carbons (Fsp3) is 0.105. The van der Waals surface area contributed by atoms with Gasteiger partial charge >= 0.3 is 0 Å². The van der Waals surface area contributed by atoms with E-state index in [1.54, 1.807) is 17.2 Å². The molecule has 5 nitrogen and oxygen atoms in total. The van der Waals surface area contributed by atoms with Crippen molar-refractivity contribution in [1.29, 1.82) is 0 Å². The highest BCUT2D eigenvalue weighted by atomic mass is 35.5. The Morgan fingerprint density at radius 1 is 1.00 bits per heavy atom. The quantitative estimate of drug-likeness (QED) is 0.575. The molecule has 6 heteroatoms. The molecule has 0 bridgehead atoms. The second-order valence-corrected chi connectivity index (χ2v) is 6.32. The second-order valence-electron chi connectivity index (χ2n) is 5.89. The van der Waals surface area contributed by atoms with Crippen molar-refractivity contribution in [2.45, 2.75) is 13.8 Å². The van der Waals surface area contributed by atoms with E-state index in [9.17, 15) is 0 Å². The Kier molecular flexibility index (Phi) is 3.86. The molecule has 2 aromatic carbocycles. The zero-order chi connectivity index (χ0) is 17.4. The van der Waals surface area contributed by atoms with Crippen molar-refractivity contribution in [2.24, 2.45) is 0 Å². The molecule has 0 aliphatic heterocycles. The Morgan fingerprint density at radius 2 is 1.84 bits per heavy atom. The van der Waals surface area contributed by atoms with Gasteiger partial charge in [0.1, 0.15) is 12.1 Å². The predicted molar refractivity (Wildman–Crippen MR) is 101 cm³/mol. The van der Waals surface area contributed by atoms with Crippen LogP contribution in [-0.2, 0) is 0 Å². The molecule has 0 radical (unpaired) electrons. The van der Waals surface area contributed by atoms with E-state index in [-0.39, 0.29) is 0 Å². The zero-order valence-electron chi connectivity index (χ0n) is 13.9. The van der Waals surface area contributed by atoms with Gasteiger partial charge in [-0.2, -0.15) is 5.10 Å². The standard InChI is InChI=1S/C19H16ClN5/c1-12-5-3-4-6-16(12)24-18-15-10-23-25(19(15)22-11-21-18)17-9-14(20)8-7-13(17)2/h3-11H,1-2H3,(H,21,22,24). The van der Waals surface area contributed by atoms with Crippen molar-refractivity contribution in [3.05, 3.63) is 71.1 Å². The number of anilines is 2. The topological polar surface area (TPSA) is 55.6 Å². The normalized spacial score (nSPS) is 11.0. The lowest BCUT2D eigenvalue weighted by molar-refractivity contribution is 0.887. The molecule has 0 fully saturated rings. The molecular formula is C19H16ClN5. The van der Waals surface area contributed by atoms with Gasteiger partial charge in [-0.3, -0.25) is 0 Å². The fourth-order valence-corrected chi connectivity index (χ4v) is 2.94. The Morgan fingerprint density at radius 3 is 2.68 bits per heavy atom. The van der Waals surface area contributed by atoms with Crippen molar-refractivity contribution >= 4 is 34.1 Å². The summed E-state index contributed by atoms with van der Waals surface area (Å²) in [6, 6.07) is 13.8. The monoisotopic (exact) mass is 349 g/mol. The van der Waals surface area contributed by atoms with E-state index in [4.69, 9.17) is 11.6 Å². The molecule has 25 heavy (non-hydrogen) atoms. The van der Waals surface area contributed by atoms with Gasteiger partial charge < -0.3 is 5.32 Å². The first kappa shape index (κ1) is 15.6. The van der Waals surface area contributed by atoms with Crippen LogP contribution in [0.1, 0.15) is 11.1 Å². The molecule has 0 aliphatic carbocycles. The van der Waals surface area contributed by atoms with Crippen molar-refractivity contribution < 1.29 is 0 Å². The summed E-state index contributed by atoms with van der Waals surface area (Å²) in [4.78, 5) is 8.81. The molecule has 2 aromatic heterocycles. The molecule has 4 aromatic rings. The molecule has 0 atom stereocenters. The Balaban J connectivity index is 1.84. The van der Waals surface area contributed by atoms with Gasteiger partial charge in [-0.15, -0.1) is 0 Å². The maximum absolute atomic E-state index is 6.15. The second kappa shape index (κ2) is 6.18. The highest BCUT2D eigenvalue weighted by Gasteiger charge is 2.13. The third kappa shape index (κ3) is 2.83. The molecule has 4 rings (SSSR count). The van der Waals surface area contributed by atoms with Crippen LogP contribution in [0.5, 0.6) is 0 Å². The van der Waals surface area contributed by atoms with E-state index >= 15 is 0 Å². The van der Waals surface area contributed by atoms with Crippen LogP contribution < -0.4 is 5.32 Å². The predicted octanol–water partition coefficient (Wildman–Crippen LogP) is 4.83. The molecule has 2 heterocycles. The van der Waals surface area contributed by atoms with Crippen LogP contribution >= 0.6 is 11.6 Å². The first-order valence-electron chi connectivity index (χ1n) is 7.91. The zero-order valence-corrected chi connectivity index (χ0v) is 14.6. The number of nitrogens with zero attached hydrogens (tertiary/aromatic N) is 4. The highest BCUT2D eigenvalue weighted by molar-refractivity contribution is 6.30. The maximum atomic E-state index is 6.15. The maximum Gasteiger partial charge on any atom is 0.168 e. The first-order valence-corrected chi connectivity index (χ1v) is 8.29. The first-order chi connectivity index (χ1) is 12.1. The number of nitrogens with one attached hydrogen (secondary N) is 1. The number of para-hydroxylation sites is 1. The minimum Gasteiger partial charge on any atom is -0.339 e. The van der Waals surface area contributed by atoms with Crippen molar-refractivity contribution in [1.82, 2.24) is 19.7 Å². The molecule has 0 unspecified atom stereocenters. The fourth-order valence-electron chi connectivity index (χ4n) is 2.77. The molecule has 0 aliphatic rings. The highest BCUT2D eigenvalue weighted by Crippen LogP contribution is 2.27. The number of fused-ring (bicyclic) bond motifs is 1. The van der Waals surface area contributed by atoms with E-state index in [0.29, 0.717) is 5.02 Å². The lowest BCUT2D eigenvalue weighted by Gasteiger charge is -2.10. The van der Waals surface area contributed by atoms with Crippen LogP contribution in [0.3, 0.4) is 0 Å². The van der Waals surface area contributed by atoms with Gasteiger partial charge in [-0.05, 0) is 43.2 Å². The smallest absolute Gasteiger partial charge is 0.168 e. The summed E-state index contributed by atoms with van der Waals surface area (Å²) in [5.74, 6) is 0.727. The van der Waals surface area contributed by atoms with Gasteiger partial charge in [0.05, 0.1) is 17.3 Å². The molecule has 0 saturated carbocycles. The number of aryl methyl sites for hydroxylation is 2. The summed E-state index contributed by atoms with van der Waals surface area (Å²) in [5.41, 5.74) is 4.86. The van der Waals surface area contributed by atoms with Gasteiger partial charge in [-0.1, -0.05) is 35.9 Å². The lowest BCUT2D eigenvalue weighted by atomic mass is 10.2. The van der Waals surface area contributed by atoms with E-state index in [2.05, 4.69) is 33.4 Å². The number of hydrogen-bond acceptors (Lipinski definition) is 4. The van der Waals surface area contributed by atoms with Crippen LogP contribution in [0.25, 0.3) is 16.7 Å². The number of halogens is 1. The van der Waals surface area contributed by atoms with Gasteiger partial charge in [0, 0.05) is 10.7 Å². The molecule has 0 spiro atoms. The van der Waals surface area contributed by atoms with Crippen molar-refractivity contribution in [3.63, 3.8) is 0 Å². The minimum absolute atomic E-state index is 0.663. The molecule has 1 N–H and O–H groups in total. The summed E-state index contributed by atoms with van der Waals surface area (Å²) in [6.07, 6.45) is 3.32. The SMILES string of the molecule is Cc1ccccc1Nc1ncnc2c1cnn2-c1cc(Cl)ccc1C. The average Bonchev–Trinajstić information content (AvgIpc) is 3.04. The van der Waals surface area contributed by atoms with E-state index < -0.39 is 0 Å².